The zero-order valence-corrected chi connectivity index (χ0v) is 37.1. The van der Waals surface area contributed by atoms with Crippen LogP contribution in [-0.2, 0) is 14.8 Å². The number of nitrogens with zero attached hydrogens (tertiary/aromatic N) is 4. The van der Waals surface area contributed by atoms with Crippen molar-refractivity contribution < 1.29 is 27.6 Å². The highest BCUT2D eigenvalue weighted by molar-refractivity contribution is 7.90. The number of sulfonamides is 1. The van der Waals surface area contributed by atoms with Gasteiger partial charge < -0.3 is 24.7 Å². The molecule has 3 fully saturated rings. The Morgan fingerprint density at radius 3 is 2.59 bits per heavy atom. The zero-order valence-electron chi connectivity index (χ0n) is 35.5. The Labute approximate surface area is 372 Å². The number of anilines is 2. The van der Waals surface area contributed by atoms with E-state index in [-0.39, 0.29) is 33.9 Å². The van der Waals surface area contributed by atoms with Gasteiger partial charge in [-0.25, -0.2) is 18.1 Å². The average molecular weight is 894 g/mol. The molecule has 9 rings (SSSR count). The van der Waals surface area contributed by atoms with Crippen LogP contribution in [0.15, 0.2) is 95.7 Å². The molecule has 4 heterocycles. The molecule has 3 N–H and O–H groups in total. The Hall–Kier alpha value is -5.48. The first-order valence-corrected chi connectivity index (χ1v) is 23.5. The van der Waals surface area contributed by atoms with Crippen molar-refractivity contribution in [3.63, 3.8) is 0 Å². The number of amides is 1. The second-order valence-electron chi connectivity index (χ2n) is 18.2. The molecule has 2 aliphatic carbocycles. The molecule has 63 heavy (non-hydrogen) atoms. The number of benzene rings is 3. The highest BCUT2D eigenvalue weighted by atomic mass is 35.5. The maximum atomic E-state index is 14.0. The number of hydrogen-bond acceptors (Lipinski definition) is 11. The number of carbonyl (C=O) groups is 1. The van der Waals surface area contributed by atoms with E-state index in [1.807, 2.05) is 24.3 Å². The van der Waals surface area contributed by atoms with Crippen LogP contribution in [0.3, 0.4) is 0 Å². The smallest absolute Gasteiger partial charge is 0.293 e. The monoisotopic (exact) mass is 893 g/mol. The van der Waals surface area contributed by atoms with Crippen LogP contribution in [0.1, 0.15) is 74.7 Å². The van der Waals surface area contributed by atoms with E-state index in [0.29, 0.717) is 31.2 Å². The second kappa shape index (κ2) is 17.2. The number of ether oxygens (including phenoxy) is 2. The van der Waals surface area contributed by atoms with Gasteiger partial charge in [0, 0.05) is 80.4 Å². The lowest BCUT2D eigenvalue weighted by molar-refractivity contribution is -0.384. The Kier molecular flexibility index (Phi) is 11.7. The number of nitro benzene ring substituents is 1. The van der Waals surface area contributed by atoms with Crippen molar-refractivity contribution in [2.24, 2.45) is 11.3 Å². The van der Waals surface area contributed by atoms with Gasteiger partial charge in [0.25, 0.3) is 21.6 Å². The molecule has 4 aliphatic rings. The first-order valence-electron chi connectivity index (χ1n) is 21.6. The van der Waals surface area contributed by atoms with E-state index >= 15 is 0 Å². The van der Waals surface area contributed by atoms with E-state index in [0.717, 1.165) is 93.3 Å². The number of piperazine rings is 1. The number of aromatic nitrogens is 2. The third-order valence-electron chi connectivity index (χ3n) is 13.1. The van der Waals surface area contributed by atoms with Gasteiger partial charge in [-0.3, -0.25) is 19.8 Å². The summed E-state index contributed by atoms with van der Waals surface area (Å²) in [7, 11) is -4.56. The van der Waals surface area contributed by atoms with Crippen molar-refractivity contribution in [2.75, 3.05) is 56.2 Å². The largest absolute Gasteiger partial charge is 0.455 e. The number of fused-ring (bicyclic) bond motifs is 1. The summed E-state index contributed by atoms with van der Waals surface area (Å²) in [5.74, 6) is -0.155. The molecule has 1 saturated carbocycles. The third-order valence-corrected chi connectivity index (χ3v) is 14.7. The molecule has 330 valence electrons. The molecule has 2 aliphatic heterocycles. The lowest BCUT2D eigenvalue weighted by atomic mass is 9.72. The normalized spacial score (nSPS) is 19.0. The third kappa shape index (κ3) is 9.42. The molecular formula is C47H52ClN7O7S. The molecule has 16 heteroatoms. The van der Waals surface area contributed by atoms with Crippen LogP contribution < -0.4 is 19.7 Å². The van der Waals surface area contributed by atoms with Crippen LogP contribution >= 0.6 is 11.6 Å². The first-order chi connectivity index (χ1) is 30.2. The molecule has 2 aromatic heterocycles. The van der Waals surface area contributed by atoms with E-state index in [1.165, 1.54) is 28.8 Å². The predicted octanol–water partition coefficient (Wildman–Crippen LogP) is 9.19. The van der Waals surface area contributed by atoms with Gasteiger partial charge >= 0.3 is 0 Å². The molecule has 1 amide bonds. The molecular weight excluding hydrogens is 842 g/mol. The second-order valence-corrected chi connectivity index (χ2v) is 20.3. The topological polar surface area (TPSA) is 172 Å². The van der Waals surface area contributed by atoms with Crippen molar-refractivity contribution in [3.8, 4) is 11.5 Å². The molecule has 1 spiro atoms. The van der Waals surface area contributed by atoms with Crippen LogP contribution in [0.5, 0.6) is 11.5 Å². The number of aromatic amines is 1. The molecule has 3 aromatic carbocycles. The Bertz CT molecular complexity index is 2690. The zero-order chi connectivity index (χ0) is 43.9. The Morgan fingerprint density at radius 1 is 1.03 bits per heavy atom. The fourth-order valence-corrected chi connectivity index (χ4v) is 10.5. The fraction of sp³-hybridized carbons (Fsp3) is 0.404. The van der Waals surface area contributed by atoms with Gasteiger partial charge in [-0.15, -0.1) is 0 Å². The van der Waals surface area contributed by atoms with Crippen molar-refractivity contribution in [3.05, 3.63) is 117 Å². The van der Waals surface area contributed by atoms with Gasteiger partial charge in [0.05, 0.1) is 27.1 Å². The van der Waals surface area contributed by atoms with E-state index in [4.69, 9.17) is 21.1 Å². The van der Waals surface area contributed by atoms with Crippen LogP contribution in [0, 0.1) is 21.4 Å². The standard InChI is InChI=1S/C47H52ClN7O7S/c1-46(2)15-11-34(40(26-46)32-3-5-35(48)6-4-32)29-53-19-20-54(47(30-53)16-17-47)36-7-9-39(43(24-36)62-37-23-33-12-18-49-44(33)51-28-37)45(56)52-63(59,60)38-8-10-41(42(25-38)55(57)58)50-27-31-13-21-61-22-14-31/h3-10,12,18,23-25,28,31,50H,11,13-17,19-22,26-27,29-30H2,1-2H3,(H,49,51)(H,52,56). The maximum absolute atomic E-state index is 14.0. The average Bonchev–Trinajstić information content (AvgIpc) is 3.85. The number of nitro groups is 1. The summed E-state index contributed by atoms with van der Waals surface area (Å²) < 4.78 is 41.5. The summed E-state index contributed by atoms with van der Waals surface area (Å²) in [6.45, 7) is 9.81. The van der Waals surface area contributed by atoms with Gasteiger partial charge in [0.15, 0.2) is 0 Å². The highest BCUT2D eigenvalue weighted by Crippen LogP contribution is 2.49. The Morgan fingerprint density at radius 2 is 1.83 bits per heavy atom. The summed E-state index contributed by atoms with van der Waals surface area (Å²) in [4.78, 5) is 37.6. The predicted molar refractivity (Wildman–Crippen MR) is 244 cm³/mol. The number of H-pyrrole nitrogens is 1. The van der Waals surface area contributed by atoms with Crippen LogP contribution in [-0.4, -0.2) is 85.6 Å². The van der Waals surface area contributed by atoms with Crippen LogP contribution in [0.25, 0.3) is 16.6 Å². The Balaban J connectivity index is 0.963. The van der Waals surface area contributed by atoms with Crippen molar-refractivity contribution in [1.82, 2.24) is 19.6 Å². The van der Waals surface area contributed by atoms with Crippen LogP contribution in [0.4, 0.5) is 17.1 Å². The SMILES string of the molecule is CC1(C)CCC(CN2CCN(c3ccc(C(=O)NS(=O)(=O)c4ccc(NCC5CCOCC5)c([N+](=O)[O-])c4)c(Oc4cnc5[nH]ccc5c4)c3)C3(CC3)C2)=C(c2ccc(Cl)cc2)C1. The molecule has 0 radical (unpaired) electrons. The minimum atomic E-state index is -4.56. The fourth-order valence-electron chi connectivity index (χ4n) is 9.38. The highest BCUT2D eigenvalue weighted by Gasteiger charge is 2.51. The number of halogens is 1. The summed E-state index contributed by atoms with van der Waals surface area (Å²) in [6, 6.07) is 20.7. The minimum absolute atomic E-state index is 0.0221. The number of rotatable bonds is 13. The number of hydrogen-bond donors (Lipinski definition) is 3. The molecule has 5 aromatic rings. The molecule has 14 nitrogen and oxygen atoms in total. The quantitative estimate of drug-likeness (QED) is 0.0760. The van der Waals surface area contributed by atoms with Crippen molar-refractivity contribution in [2.45, 2.75) is 69.2 Å². The summed E-state index contributed by atoms with van der Waals surface area (Å²) in [6.07, 6.45) is 10.2. The van der Waals surface area contributed by atoms with E-state index in [9.17, 15) is 23.3 Å². The van der Waals surface area contributed by atoms with Crippen LogP contribution in [0.2, 0.25) is 5.02 Å². The van der Waals surface area contributed by atoms with Gasteiger partial charge in [0.2, 0.25) is 0 Å². The van der Waals surface area contributed by atoms with E-state index in [1.54, 1.807) is 30.6 Å². The number of pyridine rings is 1. The number of carbonyl (C=O) groups excluding carboxylic acids is 1. The molecule has 0 atom stereocenters. The molecule has 2 saturated heterocycles. The van der Waals surface area contributed by atoms with Gasteiger partial charge in [-0.05, 0) is 116 Å². The number of allylic oxidation sites excluding steroid dienone is 1. The lowest BCUT2D eigenvalue weighted by Crippen LogP contribution is -2.55. The van der Waals surface area contributed by atoms with Crippen molar-refractivity contribution >= 4 is 61.2 Å². The van der Waals surface area contributed by atoms with Gasteiger partial charge in [0.1, 0.15) is 22.8 Å². The summed E-state index contributed by atoms with van der Waals surface area (Å²) >= 11 is 6.28. The number of nitrogens with one attached hydrogen (secondary N) is 3. The van der Waals surface area contributed by atoms with E-state index in [2.05, 4.69) is 55.8 Å². The molecule has 0 bridgehead atoms. The molecule has 0 unspecified atom stereocenters. The maximum Gasteiger partial charge on any atom is 0.293 e. The van der Waals surface area contributed by atoms with Crippen molar-refractivity contribution in [1.29, 1.82) is 0 Å². The first kappa shape index (κ1) is 42.8. The summed E-state index contributed by atoms with van der Waals surface area (Å²) in [5.41, 5.74) is 5.58. The van der Waals surface area contributed by atoms with E-state index < -0.39 is 31.4 Å². The minimum Gasteiger partial charge on any atom is -0.455 e. The summed E-state index contributed by atoms with van der Waals surface area (Å²) in [5, 5.41) is 16.8. The lowest BCUT2D eigenvalue weighted by Gasteiger charge is -2.45. The van der Waals surface area contributed by atoms with Gasteiger partial charge in [-0.1, -0.05) is 43.2 Å². The van der Waals surface area contributed by atoms with Gasteiger partial charge in [-0.2, -0.15) is 0 Å².